The number of H-pyrrole nitrogens is 1. The smallest absolute Gasteiger partial charge is 0.293 e. The lowest BCUT2D eigenvalue weighted by atomic mass is 9.98. The molecule has 0 bridgehead atoms. The Morgan fingerprint density at radius 1 is 0.550 bits per heavy atom. The zero-order chi connectivity index (χ0) is 95.3. The van der Waals surface area contributed by atoms with E-state index in [1.807, 2.05) is 13.8 Å². The fourth-order valence-corrected chi connectivity index (χ4v) is 17.3. The van der Waals surface area contributed by atoms with Crippen LogP contribution in [0.25, 0.3) is 10.9 Å². The number of likely N-dealkylation sites (N-methyl/N-ethyl adjacent to an activating group) is 3. The van der Waals surface area contributed by atoms with Gasteiger partial charge in [-0.15, -0.1) is 11.8 Å². The molecule has 0 spiro atoms. The van der Waals surface area contributed by atoms with Crippen LogP contribution < -0.4 is 59.3 Å². The highest BCUT2D eigenvalue weighted by Crippen LogP contribution is 2.28. The van der Waals surface area contributed by atoms with Gasteiger partial charge in [0, 0.05) is 89.2 Å². The second kappa shape index (κ2) is 49.3. The highest BCUT2D eigenvalue weighted by atomic mass is 32.2. The number of aromatic hydroxyl groups is 1. The number of rotatable bonds is 25. The number of primary amides is 1. The van der Waals surface area contributed by atoms with Crippen molar-refractivity contribution in [3.8, 4) is 5.75 Å². The number of phenols is 1. The van der Waals surface area contributed by atoms with Crippen molar-refractivity contribution in [2.75, 3.05) is 65.4 Å². The molecule has 9 rings (SSSR count). The molecule has 0 saturated carbocycles. The summed E-state index contributed by atoms with van der Waals surface area (Å²) in [4.78, 5) is 246. The quantitative estimate of drug-likeness (QED) is 0.0366. The minimum atomic E-state index is -1.72. The maximum absolute atomic E-state index is 15.7. The van der Waals surface area contributed by atoms with Crippen LogP contribution in [0.15, 0.2) is 134 Å². The molecule has 0 unspecified atom stereocenters. The standard InChI is InChI=1S/C94H124FN17O18S/c1-10-11-25-76-93(128)112-42-19-27-75(112)88(123)105-72(51-130-54-113)86(121)107-81(56(4)5)94(129)109(8)77(46-61-30-28-57(6)29-31-61)89(124)101-67(24-17-40-96)91(126)111-41-18-26-74(111)87(122)104-70(48-62-49-98-66-23-16-15-22-65(62)66)85(120)103-69(44-60-34-38-64(114)39-35-60)84(119)102-68(43-55(2)3)83(118)106-73(82(117)99-50-79(97)115)52-131-53-80(116)100-71(45-59-32-36-63(95)37-33-59)90(125)110(9)78(92(127)108(76)7)47-58-20-13-12-14-21-58/h12-16,20-23,28-39,49,54-56,67-78,81,98,114H,10-11,17-19,24-27,40-48,50-53,96H2,1-9H3,(H2,97,115)(H,99,117)(H,100,116)(H,101,124)(H,102,119)(H,103,120)(H,104,122)(H,105,123)(H,106,118)(H,107,121)/t67-,68-,69-,70-,71-,72-,73-,74+,75+,76-,77-,78-,81-/m0/s1. The molecule has 3 fully saturated rings. The van der Waals surface area contributed by atoms with Crippen molar-refractivity contribution in [1.29, 1.82) is 0 Å². The summed E-state index contributed by atoms with van der Waals surface area (Å²) < 4.78 is 19.8. The first-order valence-corrected chi connectivity index (χ1v) is 45.6. The SMILES string of the molecule is CCCC[C@H]1C(=O)N2CCC[C@@H]2C(=O)N[C@@H](COC=O)C(=O)N[C@@H](C(C)C)C(=O)N(C)[C@@H](Cc2ccc(C)cc2)C(=O)N[C@@H](CCCN)C(=O)N2CCC[C@@H]2C(=O)N[C@@H](Cc2c[nH]c3ccccc23)C(=O)N[C@@H](Cc2ccc(O)cc2)C(=O)N[C@@H](CC(C)C)C(=O)N[C@H](C(=O)NCC(N)=O)CSCC(=O)N[C@@H](Cc2ccc(F)cc2)C(=O)N(C)[C@@H](Cc2ccccc2)C(=O)N1C. The van der Waals surface area contributed by atoms with Crippen molar-refractivity contribution in [2.24, 2.45) is 23.3 Å². The number of aromatic nitrogens is 1. The molecule has 0 aliphatic carbocycles. The Morgan fingerprint density at radius 3 is 1.69 bits per heavy atom. The summed E-state index contributed by atoms with van der Waals surface area (Å²) in [5.74, 6) is -15.5. The topological polar surface area (TPSA) is 495 Å². The molecule has 3 aliphatic rings. The fraction of sp³-hybridized carbons (Fsp3) is 0.489. The van der Waals surface area contributed by atoms with Gasteiger partial charge in [0.05, 0.1) is 12.3 Å². The third-order valence-electron chi connectivity index (χ3n) is 23.8. The van der Waals surface area contributed by atoms with E-state index in [4.69, 9.17) is 16.2 Å². The van der Waals surface area contributed by atoms with E-state index in [0.717, 1.165) is 39.3 Å². The van der Waals surface area contributed by atoms with Crippen LogP contribution in [0, 0.1) is 24.6 Å². The molecular weight excluding hydrogens is 1710 g/mol. The third kappa shape index (κ3) is 28.8. The number of aromatic amines is 1. The Balaban J connectivity index is 1.12. The van der Waals surface area contributed by atoms with Crippen LogP contribution in [-0.4, -0.2) is 274 Å². The first kappa shape index (κ1) is 102. The van der Waals surface area contributed by atoms with Gasteiger partial charge in [0.25, 0.3) is 6.47 Å². The molecule has 6 aromatic rings. The minimum absolute atomic E-state index is 0.0000265. The van der Waals surface area contributed by atoms with Crippen molar-refractivity contribution in [1.82, 2.24) is 77.3 Å². The first-order chi connectivity index (χ1) is 62.6. The number of amides is 15. The second-order valence-electron chi connectivity index (χ2n) is 34.5. The average Bonchev–Trinajstić information content (AvgIpc) is 1.32. The Bertz CT molecular complexity index is 4990. The number of hydrogen-bond donors (Lipinski definition) is 13. The van der Waals surface area contributed by atoms with Gasteiger partial charge >= 0.3 is 0 Å². The maximum atomic E-state index is 15.7. The lowest BCUT2D eigenvalue weighted by Crippen LogP contribution is -2.62. The van der Waals surface area contributed by atoms with Gasteiger partial charge in [-0.25, -0.2) is 4.39 Å². The monoisotopic (exact) mass is 1830 g/mol. The summed E-state index contributed by atoms with van der Waals surface area (Å²) in [6, 6.07) is 14.8. The van der Waals surface area contributed by atoms with Gasteiger partial charge in [0.15, 0.2) is 0 Å². The number of phenolic OH excluding ortho intramolecular Hbond substituents is 1. The summed E-state index contributed by atoms with van der Waals surface area (Å²) in [5, 5.41) is 35.7. The Labute approximate surface area is 765 Å². The molecular formula is C94H124FN17O18S. The number of unbranched alkanes of at least 4 members (excludes halogenated alkanes) is 1. The Hall–Kier alpha value is -12.8. The van der Waals surface area contributed by atoms with Crippen molar-refractivity contribution in [3.63, 3.8) is 0 Å². The van der Waals surface area contributed by atoms with Gasteiger partial charge < -0.3 is 98.6 Å². The van der Waals surface area contributed by atoms with Gasteiger partial charge in [0.1, 0.15) is 96.7 Å². The lowest BCUT2D eigenvalue weighted by Gasteiger charge is -2.38. The zero-order valence-corrected chi connectivity index (χ0v) is 76.4. The number of nitrogens with zero attached hydrogens (tertiary/aromatic N) is 5. The predicted molar refractivity (Wildman–Crippen MR) is 487 cm³/mol. The van der Waals surface area contributed by atoms with Crippen molar-refractivity contribution in [3.05, 3.63) is 173 Å². The highest BCUT2D eigenvalue weighted by molar-refractivity contribution is 8.00. The molecule has 0 radical (unpaired) electrons. The summed E-state index contributed by atoms with van der Waals surface area (Å²) in [7, 11) is 4.10. The first-order valence-electron chi connectivity index (χ1n) is 44.5. The molecule has 5 aromatic carbocycles. The molecule has 15 N–H and O–H groups in total. The maximum Gasteiger partial charge on any atom is 0.293 e. The van der Waals surface area contributed by atoms with Crippen LogP contribution in [0.4, 0.5) is 4.39 Å². The molecule has 3 saturated heterocycles. The Kier molecular flexibility index (Phi) is 38.3. The zero-order valence-electron chi connectivity index (χ0n) is 75.6. The molecule has 131 heavy (non-hydrogen) atoms. The van der Waals surface area contributed by atoms with E-state index in [2.05, 4.69) is 52.8 Å². The third-order valence-corrected chi connectivity index (χ3v) is 24.8. The normalized spacial score (nSPS) is 23.7. The van der Waals surface area contributed by atoms with E-state index >= 15 is 47.9 Å². The van der Waals surface area contributed by atoms with Gasteiger partial charge in [0.2, 0.25) is 88.6 Å². The van der Waals surface area contributed by atoms with E-state index in [1.165, 1.54) is 72.2 Å². The number of thioether (sulfide) groups is 1. The van der Waals surface area contributed by atoms with Crippen molar-refractivity contribution < 1.29 is 90.9 Å². The number of carbonyl (C=O) groups is 16. The fourth-order valence-electron chi connectivity index (χ4n) is 16.5. The number of para-hydroxylation sites is 1. The number of hydrogen-bond acceptors (Lipinski definition) is 20. The molecule has 13 atom stereocenters. The van der Waals surface area contributed by atoms with Crippen LogP contribution in [0.1, 0.15) is 132 Å². The molecule has 1 aromatic heterocycles. The lowest BCUT2D eigenvalue weighted by molar-refractivity contribution is -0.152. The number of halogens is 1. The molecule has 15 amide bonds. The summed E-state index contributed by atoms with van der Waals surface area (Å²) in [5.41, 5.74) is 15.6. The summed E-state index contributed by atoms with van der Waals surface area (Å²) in [6.07, 6.45) is 2.24. The van der Waals surface area contributed by atoms with Crippen molar-refractivity contribution in [2.45, 2.75) is 216 Å². The largest absolute Gasteiger partial charge is 0.508 e. The second-order valence-corrected chi connectivity index (χ2v) is 35.5. The molecule has 35 nitrogen and oxygen atoms in total. The van der Waals surface area contributed by atoms with Gasteiger partial charge in [-0.3, -0.25) is 76.7 Å². The van der Waals surface area contributed by atoms with Crippen molar-refractivity contribution >= 4 is 118 Å². The molecule has 706 valence electrons. The Morgan fingerprint density at radius 2 is 1.08 bits per heavy atom. The highest BCUT2D eigenvalue weighted by Gasteiger charge is 2.46. The van der Waals surface area contributed by atoms with E-state index in [-0.39, 0.29) is 121 Å². The number of carbonyl (C=O) groups excluding carboxylic acids is 16. The molecule has 4 heterocycles. The van der Waals surface area contributed by atoms with E-state index < -0.39 is 204 Å². The van der Waals surface area contributed by atoms with Gasteiger partial charge in [-0.2, -0.15) is 0 Å². The number of aryl methyl sites for hydroxylation is 1. The van der Waals surface area contributed by atoms with Crippen LogP contribution >= 0.6 is 11.8 Å². The van der Waals surface area contributed by atoms with Crippen LogP contribution in [0.2, 0.25) is 0 Å². The van der Waals surface area contributed by atoms with Gasteiger partial charge in [-0.1, -0.05) is 150 Å². The van der Waals surface area contributed by atoms with Crippen LogP contribution in [0.5, 0.6) is 5.75 Å². The average molecular weight is 1830 g/mol. The van der Waals surface area contributed by atoms with Crippen LogP contribution in [-0.2, 0) is 114 Å². The number of benzene rings is 5. The number of nitrogens with one attached hydrogen (secondary N) is 10. The molecule has 37 heteroatoms. The van der Waals surface area contributed by atoms with E-state index in [1.54, 1.807) is 113 Å². The predicted octanol–water partition coefficient (Wildman–Crippen LogP) is 2.33. The number of ether oxygens (including phenoxy) is 1. The van der Waals surface area contributed by atoms with Crippen LogP contribution in [0.3, 0.4) is 0 Å². The number of fused-ring (bicyclic) bond motifs is 3. The van der Waals surface area contributed by atoms with E-state index in [0.29, 0.717) is 51.6 Å². The number of nitrogens with two attached hydrogens (primary N) is 2. The molecule has 3 aliphatic heterocycles. The summed E-state index contributed by atoms with van der Waals surface area (Å²) in [6.45, 7) is 9.11. The van der Waals surface area contributed by atoms with E-state index in [9.17, 15) is 38.3 Å². The van der Waals surface area contributed by atoms with Gasteiger partial charge in [-0.05, 0) is 135 Å². The minimum Gasteiger partial charge on any atom is -0.508 e. The summed E-state index contributed by atoms with van der Waals surface area (Å²) >= 11 is 0.804.